The molecule has 162 valence electrons. The van der Waals surface area contributed by atoms with Gasteiger partial charge in [0.05, 0.1) is 36.6 Å². The number of hydrogen-bond acceptors (Lipinski definition) is 5. The fraction of sp³-hybridized carbons (Fsp3) is 0.304. The summed E-state index contributed by atoms with van der Waals surface area (Å²) in [6.45, 7) is 2.77. The molecule has 1 N–H and O–H groups in total. The van der Waals surface area contributed by atoms with Gasteiger partial charge in [-0.2, -0.15) is 5.10 Å². The second kappa shape index (κ2) is 9.34. The van der Waals surface area contributed by atoms with Crippen molar-refractivity contribution in [3.63, 3.8) is 0 Å². The van der Waals surface area contributed by atoms with Gasteiger partial charge >= 0.3 is 0 Å². The third-order valence-electron chi connectivity index (χ3n) is 5.10. The van der Waals surface area contributed by atoms with Crippen LogP contribution in [0.4, 0.5) is 5.82 Å². The number of hydrogen-bond donors (Lipinski definition) is 1. The Kier molecular flexibility index (Phi) is 6.36. The Morgan fingerprint density at radius 2 is 1.81 bits per heavy atom. The van der Waals surface area contributed by atoms with Gasteiger partial charge < -0.3 is 14.8 Å². The number of carbonyl (C=O) groups is 1. The topological polar surface area (TPSA) is 82.4 Å². The van der Waals surface area contributed by atoms with Crippen molar-refractivity contribution in [2.75, 3.05) is 19.0 Å². The Bertz CT molecular complexity index is 1090. The van der Waals surface area contributed by atoms with Crippen LogP contribution < -0.4 is 14.8 Å². The van der Waals surface area contributed by atoms with Crippen LogP contribution in [0.2, 0.25) is 0 Å². The normalized spacial score (nSPS) is 14.8. The molecule has 1 aliphatic rings. The summed E-state index contributed by atoms with van der Waals surface area (Å²) >= 11 is 0. The molecule has 0 saturated heterocycles. The van der Waals surface area contributed by atoms with Crippen LogP contribution in [0.3, 0.4) is 0 Å². The molecule has 8 heteroatoms. The Morgan fingerprint density at radius 3 is 2.48 bits per heavy atom. The van der Waals surface area contributed by atoms with Crippen molar-refractivity contribution in [1.29, 1.82) is 0 Å². The number of methoxy groups -OCH3 is 1. The molecule has 1 aliphatic heterocycles. The molecule has 0 saturated carbocycles. The Balaban J connectivity index is 1.58. The van der Waals surface area contributed by atoms with E-state index in [2.05, 4.69) is 17.3 Å². The number of anilines is 1. The van der Waals surface area contributed by atoms with E-state index in [4.69, 9.17) is 9.47 Å². The van der Waals surface area contributed by atoms with Gasteiger partial charge in [0.15, 0.2) is 0 Å². The van der Waals surface area contributed by atoms with Crippen LogP contribution in [-0.4, -0.2) is 33.6 Å². The fourth-order valence-electron chi connectivity index (χ4n) is 3.38. The van der Waals surface area contributed by atoms with E-state index in [0.717, 1.165) is 41.3 Å². The largest absolute Gasteiger partial charge is 0.497 e. The third kappa shape index (κ3) is 4.64. The molecule has 0 spiro atoms. The van der Waals surface area contributed by atoms with Crippen molar-refractivity contribution in [1.82, 2.24) is 9.78 Å². The summed E-state index contributed by atoms with van der Waals surface area (Å²) in [6.07, 6.45) is 2.06. The predicted octanol–water partition coefficient (Wildman–Crippen LogP) is 4.07. The van der Waals surface area contributed by atoms with E-state index in [0.29, 0.717) is 29.5 Å². The number of unbranched alkanes of at least 4 members (excludes halogenated alkanes) is 1. The molecular weight excluding hydrogens is 414 g/mol. The second-order valence-corrected chi connectivity index (χ2v) is 8.75. The maximum absolute atomic E-state index is 13.0. The van der Waals surface area contributed by atoms with Gasteiger partial charge in [0.2, 0.25) is 0 Å². The summed E-state index contributed by atoms with van der Waals surface area (Å²) in [7, 11) is 0.611. The van der Waals surface area contributed by atoms with E-state index in [9.17, 15) is 9.00 Å². The van der Waals surface area contributed by atoms with Gasteiger partial charge in [0.25, 0.3) is 5.91 Å². The first kappa shape index (κ1) is 21.1. The van der Waals surface area contributed by atoms with Gasteiger partial charge in [-0.25, -0.2) is 4.68 Å². The quantitative estimate of drug-likeness (QED) is 0.535. The molecule has 0 bridgehead atoms. The number of ether oxygens (including phenoxy) is 2. The molecule has 3 aromatic rings. The highest BCUT2D eigenvalue weighted by Crippen LogP contribution is 2.32. The number of benzene rings is 2. The van der Waals surface area contributed by atoms with Crippen molar-refractivity contribution in [3.8, 4) is 17.2 Å². The van der Waals surface area contributed by atoms with E-state index < -0.39 is 10.8 Å². The molecule has 1 aromatic heterocycles. The molecule has 31 heavy (non-hydrogen) atoms. The van der Waals surface area contributed by atoms with Gasteiger partial charge in [-0.15, -0.1) is 0 Å². The van der Waals surface area contributed by atoms with Crippen molar-refractivity contribution < 1.29 is 18.5 Å². The zero-order valence-corrected chi connectivity index (χ0v) is 18.4. The maximum Gasteiger partial charge on any atom is 0.256 e. The molecule has 7 nitrogen and oxygen atoms in total. The van der Waals surface area contributed by atoms with Crippen LogP contribution in [0, 0.1) is 0 Å². The zero-order chi connectivity index (χ0) is 21.8. The lowest BCUT2D eigenvalue weighted by Crippen LogP contribution is -2.16. The summed E-state index contributed by atoms with van der Waals surface area (Å²) in [6, 6.07) is 14.5. The standard InChI is InChI=1S/C23H25N3O4S/c1-3-4-13-30-19-9-5-16(6-10-19)23(27)24-22-20-14-31(28)15-21(20)25-26(22)17-7-11-18(29-2)12-8-17/h5-12H,3-4,13-15H2,1-2H3,(H,24,27). The lowest BCUT2D eigenvalue weighted by atomic mass is 10.2. The van der Waals surface area contributed by atoms with Crippen LogP contribution in [0.5, 0.6) is 11.5 Å². The monoisotopic (exact) mass is 439 g/mol. The third-order valence-corrected chi connectivity index (χ3v) is 6.31. The summed E-state index contributed by atoms with van der Waals surface area (Å²) < 4.78 is 24.6. The molecule has 4 rings (SSSR count). The predicted molar refractivity (Wildman–Crippen MR) is 120 cm³/mol. The molecule has 1 amide bonds. The van der Waals surface area contributed by atoms with E-state index in [1.54, 1.807) is 36.1 Å². The maximum atomic E-state index is 13.0. The van der Waals surface area contributed by atoms with Gasteiger partial charge in [0.1, 0.15) is 17.3 Å². The minimum absolute atomic E-state index is 0.254. The first-order valence-corrected chi connectivity index (χ1v) is 11.7. The summed E-state index contributed by atoms with van der Waals surface area (Å²) in [4.78, 5) is 13.0. The zero-order valence-electron chi connectivity index (χ0n) is 17.6. The number of nitrogens with one attached hydrogen (secondary N) is 1. The first-order chi connectivity index (χ1) is 15.1. The van der Waals surface area contributed by atoms with E-state index >= 15 is 0 Å². The second-order valence-electron chi connectivity index (χ2n) is 7.29. The van der Waals surface area contributed by atoms with Crippen LogP contribution >= 0.6 is 0 Å². The summed E-state index contributed by atoms with van der Waals surface area (Å²) in [5, 5.41) is 7.60. The molecule has 0 fully saturated rings. The molecule has 0 radical (unpaired) electrons. The van der Waals surface area contributed by atoms with Gasteiger partial charge in [-0.1, -0.05) is 13.3 Å². The Labute approximate surface area is 183 Å². The average molecular weight is 440 g/mol. The van der Waals surface area contributed by atoms with Gasteiger partial charge in [-0.3, -0.25) is 9.00 Å². The Morgan fingerprint density at radius 1 is 1.10 bits per heavy atom. The van der Waals surface area contributed by atoms with Gasteiger partial charge in [0, 0.05) is 21.9 Å². The number of carbonyl (C=O) groups excluding carboxylic acids is 1. The lowest BCUT2D eigenvalue weighted by molar-refractivity contribution is 0.102. The van der Waals surface area contributed by atoms with Crippen LogP contribution in [0.25, 0.3) is 5.69 Å². The highest BCUT2D eigenvalue weighted by atomic mass is 32.2. The number of fused-ring (bicyclic) bond motifs is 1. The highest BCUT2D eigenvalue weighted by molar-refractivity contribution is 7.83. The smallest absolute Gasteiger partial charge is 0.256 e. The van der Waals surface area contributed by atoms with Gasteiger partial charge in [-0.05, 0) is 55.0 Å². The SMILES string of the molecule is CCCCOc1ccc(C(=O)Nc2c3c(nn2-c2ccc(OC)cc2)CS(=O)C3)cc1. The van der Waals surface area contributed by atoms with E-state index in [-0.39, 0.29) is 5.91 Å². The molecule has 1 unspecified atom stereocenters. The lowest BCUT2D eigenvalue weighted by Gasteiger charge is -2.12. The summed E-state index contributed by atoms with van der Waals surface area (Å²) in [5.74, 6) is 2.55. The van der Waals surface area contributed by atoms with Crippen molar-refractivity contribution in [2.45, 2.75) is 31.3 Å². The fourth-order valence-corrected chi connectivity index (χ4v) is 4.65. The van der Waals surface area contributed by atoms with Crippen molar-refractivity contribution in [3.05, 3.63) is 65.4 Å². The van der Waals surface area contributed by atoms with E-state index in [1.165, 1.54) is 0 Å². The molecular formula is C23H25N3O4S. The van der Waals surface area contributed by atoms with Crippen LogP contribution in [0.1, 0.15) is 41.4 Å². The summed E-state index contributed by atoms with van der Waals surface area (Å²) in [5.41, 5.74) is 2.88. The highest BCUT2D eigenvalue weighted by Gasteiger charge is 2.28. The molecule has 2 heterocycles. The number of aromatic nitrogens is 2. The van der Waals surface area contributed by atoms with Crippen molar-refractivity contribution in [2.24, 2.45) is 0 Å². The average Bonchev–Trinajstić information content (AvgIpc) is 3.31. The molecule has 0 aliphatic carbocycles. The van der Waals surface area contributed by atoms with Crippen molar-refractivity contribution >= 4 is 22.5 Å². The molecule has 2 aromatic carbocycles. The van der Waals surface area contributed by atoms with Crippen LogP contribution in [0.15, 0.2) is 48.5 Å². The number of nitrogens with zero attached hydrogens (tertiary/aromatic N) is 2. The van der Waals surface area contributed by atoms with Crippen LogP contribution in [-0.2, 0) is 22.3 Å². The van der Waals surface area contributed by atoms with E-state index in [1.807, 2.05) is 24.3 Å². The minimum atomic E-state index is -0.999. The number of rotatable bonds is 8. The Hall–Kier alpha value is -3.13. The minimum Gasteiger partial charge on any atom is -0.497 e. The first-order valence-electron chi connectivity index (χ1n) is 10.2. The molecule has 1 atom stereocenters. The number of amides is 1.